The lowest BCUT2D eigenvalue weighted by atomic mass is 10.1. The summed E-state index contributed by atoms with van der Waals surface area (Å²) in [5.74, 6) is -0.232. The SMILES string of the molecule is Cc1ccc(-n2c(C)cc(/C=C3\SC(=O)N(Cc4ccccc4)C3=O)c2C)cc1C. The Morgan fingerprint density at radius 3 is 2.33 bits per heavy atom. The molecule has 1 saturated heterocycles. The third-order valence-electron chi connectivity index (χ3n) is 5.56. The molecule has 2 aromatic carbocycles. The Kier molecular flexibility index (Phi) is 5.39. The van der Waals surface area contributed by atoms with Crippen LogP contribution >= 0.6 is 11.8 Å². The van der Waals surface area contributed by atoms with E-state index in [1.807, 2.05) is 43.3 Å². The van der Waals surface area contributed by atoms with E-state index in [0.717, 1.165) is 40.0 Å². The second kappa shape index (κ2) is 8.00. The summed E-state index contributed by atoms with van der Waals surface area (Å²) in [6.45, 7) is 8.61. The second-order valence-electron chi connectivity index (χ2n) is 7.68. The van der Waals surface area contributed by atoms with Gasteiger partial charge in [-0.3, -0.25) is 14.5 Å². The third-order valence-corrected chi connectivity index (χ3v) is 6.47. The molecule has 30 heavy (non-hydrogen) atoms. The van der Waals surface area contributed by atoms with E-state index in [1.165, 1.54) is 16.0 Å². The van der Waals surface area contributed by atoms with Gasteiger partial charge < -0.3 is 4.57 Å². The smallest absolute Gasteiger partial charge is 0.293 e. The van der Waals surface area contributed by atoms with Crippen LogP contribution in [-0.4, -0.2) is 20.6 Å². The highest BCUT2D eigenvalue weighted by molar-refractivity contribution is 8.18. The highest BCUT2D eigenvalue weighted by Gasteiger charge is 2.35. The predicted molar refractivity (Wildman–Crippen MR) is 123 cm³/mol. The standard InChI is InChI=1S/C25H24N2O2S/c1-16-10-11-22(12-17(16)2)27-18(3)13-21(19(27)4)14-23-24(28)26(25(29)30-23)15-20-8-6-5-7-9-20/h5-14H,15H2,1-4H3/b23-14-. The van der Waals surface area contributed by atoms with Crippen molar-refractivity contribution in [2.24, 2.45) is 0 Å². The van der Waals surface area contributed by atoms with Crippen LogP contribution in [0.3, 0.4) is 0 Å². The molecule has 1 aliphatic heterocycles. The number of carbonyl (C=O) groups excluding carboxylic acids is 2. The Labute approximate surface area is 181 Å². The summed E-state index contributed by atoms with van der Waals surface area (Å²) in [5.41, 5.74) is 7.63. The average molecular weight is 417 g/mol. The highest BCUT2D eigenvalue weighted by Crippen LogP contribution is 2.34. The Balaban J connectivity index is 1.64. The van der Waals surface area contributed by atoms with Crippen molar-refractivity contribution >= 4 is 29.0 Å². The summed E-state index contributed by atoms with van der Waals surface area (Å²) in [5, 5.41) is -0.224. The molecule has 1 aliphatic rings. The number of thioether (sulfide) groups is 1. The molecule has 0 aliphatic carbocycles. The molecule has 0 atom stereocenters. The Morgan fingerprint density at radius 1 is 0.900 bits per heavy atom. The minimum atomic E-state index is -0.232. The lowest BCUT2D eigenvalue weighted by Crippen LogP contribution is -2.27. The van der Waals surface area contributed by atoms with Crippen molar-refractivity contribution in [2.75, 3.05) is 0 Å². The lowest BCUT2D eigenvalue weighted by Gasteiger charge is -2.12. The zero-order valence-electron chi connectivity index (χ0n) is 17.6. The number of rotatable bonds is 4. The monoisotopic (exact) mass is 416 g/mol. The molecule has 0 unspecified atom stereocenters. The van der Waals surface area contributed by atoms with Crippen LogP contribution in [0.1, 0.15) is 33.6 Å². The molecule has 152 valence electrons. The topological polar surface area (TPSA) is 42.3 Å². The number of hydrogen-bond acceptors (Lipinski definition) is 3. The summed E-state index contributed by atoms with van der Waals surface area (Å²) < 4.78 is 2.19. The summed E-state index contributed by atoms with van der Waals surface area (Å²) in [7, 11) is 0. The van der Waals surface area contributed by atoms with Gasteiger partial charge in [-0.1, -0.05) is 36.4 Å². The van der Waals surface area contributed by atoms with Gasteiger partial charge in [-0.2, -0.15) is 0 Å². The summed E-state index contributed by atoms with van der Waals surface area (Å²) in [6, 6.07) is 18.1. The Hall–Kier alpha value is -3.05. The van der Waals surface area contributed by atoms with Gasteiger partial charge in [0.1, 0.15) is 0 Å². The van der Waals surface area contributed by atoms with E-state index in [4.69, 9.17) is 0 Å². The minimum absolute atomic E-state index is 0.224. The molecule has 3 aromatic rings. The van der Waals surface area contributed by atoms with E-state index >= 15 is 0 Å². The molecule has 0 radical (unpaired) electrons. The van der Waals surface area contributed by atoms with Gasteiger partial charge in [-0.25, -0.2) is 0 Å². The number of aryl methyl sites for hydroxylation is 3. The van der Waals surface area contributed by atoms with Crippen LogP contribution in [0.15, 0.2) is 59.5 Å². The molecule has 4 rings (SSSR count). The summed E-state index contributed by atoms with van der Waals surface area (Å²) >= 11 is 1.01. The fraction of sp³-hybridized carbons (Fsp3) is 0.200. The van der Waals surface area contributed by atoms with Gasteiger partial charge >= 0.3 is 0 Å². The van der Waals surface area contributed by atoms with Crippen LogP contribution in [0.5, 0.6) is 0 Å². The highest BCUT2D eigenvalue weighted by atomic mass is 32.2. The maximum absolute atomic E-state index is 12.9. The zero-order valence-corrected chi connectivity index (χ0v) is 18.4. The third kappa shape index (κ3) is 3.73. The molecule has 0 bridgehead atoms. The first-order valence-electron chi connectivity index (χ1n) is 9.91. The van der Waals surface area contributed by atoms with Crippen LogP contribution in [0.25, 0.3) is 11.8 Å². The van der Waals surface area contributed by atoms with Crippen LogP contribution in [0.4, 0.5) is 4.79 Å². The second-order valence-corrected chi connectivity index (χ2v) is 8.68. The quantitative estimate of drug-likeness (QED) is 0.494. The molecular weight excluding hydrogens is 392 g/mol. The zero-order chi connectivity index (χ0) is 21.4. The van der Waals surface area contributed by atoms with Crippen molar-refractivity contribution in [1.82, 2.24) is 9.47 Å². The van der Waals surface area contributed by atoms with Crippen LogP contribution in [0, 0.1) is 27.7 Å². The molecule has 5 heteroatoms. The first-order chi connectivity index (χ1) is 14.3. The van der Waals surface area contributed by atoms with E-state index in [2.05, 4.69) is 49.6 Å². The first kappa shape index (κ1) is 20.2. The van der Waals surface area contributed by atoms with Gasteiger partial charge in [-0.05, 0) is 86.0 Å². The van der Waals surface area contributed by atoms with Crippen molar-refractivity contribution in [1.29, 1.82) is 0 Å². The van der Waals surface area contributed by atoms with E-state index in [1.54, 1.807) is 0 Å². The number of imide groups is 1. The molecule has 4 nitrogen and oxygen atoms in total. The van der Waals surface area contributed by atoms with Gasteiger partial charge in [0.05, 0.1) is 11.4 Å². The van der Waals surface area contributed by atoms with Crippen LogP contribution in [-0.2, 0) is 11.3 Å². The molecule has 1 aromatic heterocycles. The van der Waals surface area contributed by atoms with Gasteiger partial charge in [0.25, 0.3) is 11.1 Å². The average Bonchev–Trinajstić information content (AvgIpc) is 3.15. The molecular formula is C25H24N2O2S. The maximum Gasteiger partial charge on any atom is 0.293 e. The van der Waals surface area contributed by atoms with Crippen molar-refractivity contribution in [2.45, 2.75) is 34.2 Å². The van der Waals surface area contributed by atoms with Crippen LogP contribution in [0.2, 0.25) is 0 Å². The molecule has 0 spiro atoms. The van der Waals surface area contributed by atoms with E-state index in [9.17, 15) is 9.59 Å². The van der Waals surface area contributed by atoms with E-state index < -0.39 is 0 Å². The van der Waals surface area contributed by atoms with Gasteiger partial charge in [0.15, 0.2) is 0 Å². The van der Waals surface area contributed by atoms with Gasteiger partial charge in [0, 0.05) is 17.1 Å². The number of aromatic nitrogens is 1. The van der Waals surface area contributed by atoms with Crippen LogP contribution < -0.4 is 0 Å². The molecule has 2 heterocycles. The molecule has 0 saturated carbocycles. The van der Waals surface area contributed by atoms with Crippen molar-refractivity contribution in [3.8, 4) is 5.69 Å². The largest absolute Gasteiger partial charge is 0.318 e. The van der Waals surface area contributed by atoms with E-state index in [-0.39, 0.29) is 11.1 Å². The summed E-state index contributed by atoms with van der Waals surface area (Å²) in [4.78, 5) is 27.1. The predicted octanol–water partition coefficient (Wildman–Crippen LogP) is 5.95. The van der Waals surface area contributed by atoms with E-state index in [0.29, 0.717) is 11.4 Å². The normalized spacial score (nSPS) is 15.5. The fourth-order valence-electron chi connectivity index (χ4n) is 3.74. The van der Waals surface area contributed by atoms with Crippen molar-refractivity contribution in [3.63, 3.8) is 0 Å². The van der Waals surface area contributed by atoms with Crippen molar-refractivity contribution < 1.29 is 9.59 Å². The number of amides is 2. The Bertz CT molecular complexity index is 1180. The minimum Gasteiger partial charge on any atom is -0.318 e. The molecule has 1 fully saturated rings. The van der Waals surface area contributed by atoms with Gasteiger partial charge in [-0.15, -0.1) is 0 Å². The molecule has 0 N–H and O–H groups in total. The maximum atomic E-state index is 12.9. The number of nitrogens with zero attached hydrogens (tertiary/aromatic N) is 2. The molecule has 2 amide bonds. The lowest BCUT2D eigenvalue weighted by molar-refractivity contribution is -0.123. The number of benzene rings is 2. The number of hydrogen-bond donors (Lipinski definition) is 0. The fourth-order valence-corrected chi connectivity index (χ4v) is 4.57. The van der Waals surface area contributed by atoms with Gasteiger partial charge in [0.2, 0.25) is 0 Å². The number of carbonyl (C=O) groups is 2. The Morgan fingerprint density at radius 2 is 1.63 bits per heavy atom. The van der Waals surface area contributed by atoms with Crippen molar-refractivity contribution in [3.05, 3.63) is 93.1 Å². The summed E-state index contributed by atoms with van der Waals surface area (Å²) in [6.07, 6.45) is 1.84. The first-order valence-corrected chi connectivity index (χ1v) is 10.7.